The van der Waals surface area contributed by atoms with Gasteiger partial charge in [-0.3, -0.25) is 0 Å². The summed E-state index contributed by atoms with van der Waals surface area (Å²) in [5.74, 6) is 0.865. The maximum absolute atomic E-state index is 12.2. The van der Waals surface area contributed by atoms with Crippen molar-refractivity contribution in [2.24, 2.45) is 5.92 Å². The predicted octanol–water partition coefficient (Wildman–Crippen LogP) is 1.99. The highest BCUT2D eigenvalue weighted by Crippen LogP contribution is 2.25. The van der Waals surface area contributed by atoms with Crippen LogP contribution in [0.1, 0.15) is 51.9 Å². The van der Waals surface area contributed by atoms with Crippen LogP contribution >= 0.6 is 0 Å². The summed E-state index contributed by atoms with van der Waals surface area (Å²) in [6.07, 6.45) is 8.77. The number of ether oxygens (including phenoxy) is 1. The highest BCUT2D eigenvalue weighted by molar-refractivity contribution is 7.90. The Bertz CT molecular complexity index is 413. The van der Waals surface area contributed by atoms with Crippen LogP contribution in [0.2, 0.25) is 0 Å². The Balaban J connectivity index is 1.72. The van der Waals surface area contributed by atoms with Gasteiger partial charge in [-0.2, -0.15) is 0 Å². The van der Waals surface area contributed by atoms with Crippen LogP contribution in [-0.2, 0) is 14.8 Å². The van der Waals surface area contributed by atoms with E-state index in [-0.39, 0.29) is 12.6 Å². The predicted molar refractivity (Wildman–Crippen MR) is 89.4 cm³/mol. The van der Waals surface area contributed by atoms with Crippen LogP contribution in [0.4, 0.5) is 0 Å². The molecule has 0 spiro atoms. The smallest absolute Gasteiger partial charge is 0.216 e. The molecule has 5 nitrogen and oxygen atoms in total. The zero-order valence-corrected chi connectivity index (χ0v) is 14.9. The Hall–Kier alpha value is -0.170. The van der Waals surface area contributed by atoms with Crippen molar-refractivity contribution >= 4 is 10.0 Å². The minimum Gasteiger partial charge on any atom is -0.383 e. The highest BCUT2D eigenvalue weighted by atomic mass is 32.2. The van der Waals surface area contributed by atoms with Crippen LogP contribution in [0.5, 0.6) is 0 Å². The molecule has 0 radical (unpaired) electrons. The molecular weight excluding hydrogens is 300 g/mol. The van der Waals surface area contributed by atoms with E-state index in [9.17, 15) is 8.42 Å². The van der Waals surface area contributed by atoms with Gasteiger partial charge in [-0.15, -0.1) is 0 Å². The number of nitrogens with one attached hydrogen (secondary N) is 1. The summed E-state index contributed by atoms with van der Waals surface area (Å²) in [6.45, 7) is 5.18. The van der Waals surface area contributed by atoms with E-state index >= 15 is 0 Å². The summed E-state index contributed by atoms with van der Waals surface area (Å²) in [5.41, 5.74) is 0. The molecule has 1 aliphatic carbocycles. The van der Waals surface area contributed by atoms with Crippen molar-refractivity contribution in [3.63, 3.8) is 0 Å². The second-order valence-electron chi connectivity index (χ2n) is 7.01. The van der Waals surface area contributed by atoms with Crippen molar-refractivity contribution in [1.29, 1.82) is 0 Å². The Labute approximate surface area is 135 Å². The molecule has 0 aromatic rings. The van der Waals surface area contributed by atoms with Crippen molar-refractivity contribution in [1.82, 2.24) is 9.62 Å². The first-order valence-electron chi connectivity index (χ1n) is 8.73. The Kier molecular flexibility index (Phi) is 7.12. The first-order valence-corrected chi connectivity index (χ1v) is 10.3. The van der Waals surface area contributed by atoms with Gasteiger partial charge in [0.05, 0.1) is 11.9 Å². The largest absolute Gasteiger partial charge is 0.383 e. The van der Waals surface area contributed by atoms with E-state index < -0.39 is 15.3 Å². The molecule has 0 bridgehead atoms. The van der Waals surface area contributed by atoms with E-state index in [1.54, 1.807) is 6.92 Å². The van der Waals surface area contributed by atoms with Crippen LogP contribution in [-0.4, -0.2) is 58.0 Å². The monoisotopic (exact) mass is 332 g/mol. The number of piperidine rings is 1. The Morgan fingerprint density at radius 1 is 1.14 bits per heavy atom. The molecule has 22 heavy (non-hydrogen) atoms. The molecule has 0 unspecified atom stereocenters. The van der Waals surface area contributed by atoms with Crippen molar-refractivity contribution < 1.29 is 13.2 Å². The van der Waals surface area contributed by atoms with E-state index in [1.807, 2.05) is 0 Å². The van der Waals surface area contributed by atoms with Crippen molar-refractivity contribution in [3.8, 4) is 0 Å². The van der Waals surface area contributed by atoms with E-state index in [2.05, 4.69) is 9.62 Å². The molecule has 1 atom stereocenters. The van der Waals surface area contributed by atoms with E-state index in [0.717, 1.165) is 31.8 Å². The third kappa shape index (κ3) is 5.48. The first kappa shape index (κ1) is 18.2. The molecule has 2 rings (SSSR count). The molecule has 2 aliphatic rings. The zero-order valence-electron chi connectivity index (χ0n) is 14.1. The minimum absolute atomic E-state index is 0.0897. The van der Waals surface area contributed by atoms with Gasteiger partial charge in [0.1, 0.15) is 0 Å². The maximum Gasteiger partial charge on any atom is 0.216 e. The molecule has 1 heterocycles. The molecular formula is C16H32N2O3S. The van der Waals surface area contributed by atoms with Gasteiger partial charge < -0.3 is 9.64 Å². The average molecular weight is 333 g/mol. The Morgan fingerprint density at radius 2 is 1.77 bits per heavy atom. The average Bonchev–Trinajstić information content (AvgIpc) is 2.50. The molecule has 2 fully saturated rings. The van der Waals surface area contributed by atoms with Gasteiger partial charge in [-0.25, -0.2) is 13.1 Å². The third-order valence-electron chi connectivity index (χ3n) is 5.09. The second kappa shape index (κ2) is 8.62. The third-order valence-corrected chi connectivity index (χ3v) is 6.95. The molecule has 0 aromatic heterocycles. The molecule has 1 aliphatic heterocycles. The van der Waals surface area contributed by atoms with Crippen molar-refractivity contribution in [2.45, 2.75) is 63.2 Å². The fourth-order valence-electron chi connectivity index (χ4n) is 3.64. The number of hydrogen-bond acceptors (Lipinski definition) is 4. The van der Waals surface area contributed by atoms with Crippen molar-refractivity contribution in [2.75, 3.05) is 33.4 Å². The topological polar surface area (TPSA) is 58.6 Å². The van der Waals surface area contributed by atoms with E-state index in [4.69, 9.17) is 4.74 Å². The lowest BCUT2D eigenvalue weighted by Gasteiger charge is -2.35. The molecule has 130 valence electrons. The standard InChI is InChI=1S/C16H32N2O3S/c1-14(13-21-2)22(19,20)17-16-8-10-18(11-9-16)12-15-6-4-3-5-7-15/h14-17H,3-13H2,1-2H3/t14-/m0/s1. The van der Waals surface area contributed by atoms with Gasteiger partial charge in [0.15, 0.2) is 0 Å². The van der Waals surface area contributed by atoms with Gasteiger partial charge in [0.2, 0.25) is 10.0 Å². The van der Waals surface area contributed by atoms with Gasteiger partial charge >= 0.3 is 0 Å². The summed E-state index contributed by atoms with van der Waals surface area (Å²) in [6, 6.07) is 0.0897. The fourth-order valence-corrected chi connectivity index (χ4v) is 4.89. The number of nitrogens with zero attached hydrogens (tertiary/aromatic N) is 1. The summed E-state index contributed by atoms with van der Waals surface area (Å²) >= 11 is 0. The van der Waals surface area contributed by atoms with Crippen LogP contribution in [0, 0.1) is 5.92 Å². The summed E-state index contributed by atoms with van der Waals surface area (Å²) in [4.78, 5) is 2.53. The number of methoxy groups -OCH3 is 1. The lowest BCUT2D eigenvalue weighted by atomic mass is 9.88. The Morgan fingerprint density at radius 3 is 2.36 bits per heavy atom. The van der Waals surface area contributed by atoms with Crippen LogP contribution in [0.25, 0.3) is 0 Å². The number of hydrogen-bond donors (Lipinski definition) is 1. The van der Waals surface area contributed by atoms with Gasteiger partial charge in [0, 0.05) is 19.7 Å². The molecule has 0 aromatic carbocycles. The van der Waals surface area contributed by atoms with Gasteiger partial charge in [0.25, 0.3) is 0 Å². The van der Waals surface area contributed by atoms with Crippen LogP contribution in [0.3, 0.4) is 0 Å². The number of rotatable bonds is 7. The molecule has 1 saturated carbocycles. The summed E-state index contributed by atoms with van der Waals surface area (Å²) in [5, 5.41) is -0.488. The van der Waals surface area contributed by atoms with Crippen LogP contribution < -0.4 is 4.72 Å². The quantitative estimate of drug-likeness (QED) is 0.774. The zero-order chi connectivity index (χ0) is 16.0. The fraction of sp³-hybridized carbons (Fsp3) is 1.00. The van der Waals surface area contributed by atoms with Gasteiger partial charge in [-0.05, 0) is 51.6 Å². The first-order chi connectivity index (χ1) is 10.5. The summed E-state index contributed by atoms with van der Waals surface area (Å²) in [7, 11) is -1.72. The maximum atomic E-state index is 12.2. The van der Waals surface area contributed by atoms with E-state index in [0.29, 0.717) is 0 Å². The second-order valence-corrected chi connectivity index (χ2v) is 9.14. The highest BCUT2D eigenvalue weighted by Gasteiger charge is 2.28. The van der Waals surface area contributed by atoms with E-state index in [1.165, 1.54) is 45.8 Å². The van der Waals surface area contributed by atoms with Gasteiger partial charge in [-0.1, -0.05) is 19.3 Å². The molecule has 6 heteroatoms. The lowest BCUT2D eigenvalue weighted by Crippen LogP contribution is -2.48. The molecule has 0 amide bonds. The molecule has 1 saturated heterocycles. The van der Waals surface area contributed by atoms with Crippen LogP contribution in [0.15, 0.2) is 0 Å². The normalized spacial score (nSPS) is 24.5. The minimum atomic E-state index is -3.26. The number of likely N-dealkylation sites (tertiary alicyclic amines) is 1. The van der Waals surface area contributed by atoms with Crippen molar-refractivity contribution in [3.05, 3.63) is 0 Å². The number of sulfonamides is 1. The SMILES string of the molecule is COC[C@H](C)S(=O)(=O)NC1CCN(CC2CCCCC2)CC1. The lowest BCUT2D eigenvalue weighted by molar-refractivity contribution is 0.160. The summed E-state index contributed by atoms with van der Waals surface area (Å²) < 4.78 is 32.2. The molecule has 1 N–H and O–H groups in total.